The van der Waals surface area contributed by atoms with Crippen LogP contribution in [0, 0.1) is 0 Å². The molecule has 6 unspecified atom stereocenters. The van der Waals surface area contributed by atoms with Gasteiger partial charge in [-0.05, 0) is 164 Å². The maximum absolute atomic E-state index is 12.3. The van der Waals surface area contributed by atoms with Gasteiger partial charge in [0, 0.05) is 91.4 Å². The van der Waals surface area contributed by atoms with E-state index in [1.807, 2.05) is 302 Å². The molecule has 3 aliphatic rings. The quantitative estimate of drug-likeness (QED) is 0.0490. The third-order valence-electron chi connectivity index (χ3n) is 17.7. The molecule has 3 fully saturated rings. The summed E-state index contributed by atoms with van der Waals surface area (Å²) in [5.74, 6) is 3.90. The Balaban J connectivity index is 0.000000241. The molecule has 0 radical (unpaired) electrons. The Labute approximate surface area is 665 Å². The van der Waals surface area contributed by atoms with Crippen LogP contribution < -0.4 is 39.5 Å². The summed E-state index contributed by atoms with van der Waals surface area (Å²) in [6.07, 6.45) is 22.7. The van der Waals surface area contributed by atoms with Gasteiger partial charge in [0.2, 0.25) is 0 Å². The molecule has 0 bridgehead atoms. The number of likely N-dealkylation sites (tertiary alicyclic amines) is 2. The van der Waals surface area contributed by atoms with Crippen molar-refractivity contribution in [3.8, 4) is 34.5 Å². The van der Waals surface area contributed by atoms with E-state index < -0.39 is 42.5 Å². The lowest BCUT2D eigenvalue weighted by atomic mass is 10.2. The fourth-order valence-corrected chi connectivity index (χ4v) is 11.7. The number of carbonyl (C=O) groups excluding carboxylic acids is 6. The maximum atomic E-state index is 12.3. The first-order chi connectivity index (χ1) is 54.1. The van der Waals surface area contributed by atoms with Crippen LogP contribution in [0.3, 0.4) is 0 Å². The highest BCUT2D eigenvalue weighted by atomic mass is 16.5. The highest BCUT2D eigenvalue weighted by Gasteiger charge is 2.28. The Morgan fingerprint density at radius 2 is 0.661 bits per heavy atom. The average molecular weight is 1530 g/mol. The summed E-state index contributed by atoms with van der Waals surface area (Å²) < 4.78 is 39.7. The van der Waals surface area contributed by atoms with Crippen molar-refractivity contribution in [2.45, 2.75) is 152 Å². The summed E-state index contributed by atoms with van der Waals surface area (Å²) >= 11 is 0. The van der Waals surface area contributed by atoms with E-state index in [1.165, 1.54) is 0 Å². The zero-order valence-electron chi connectivity index (χ0n) is 67.8. The van der Waals surface area contributed by atoms with Crippen LogP contribution >= 0.6 is 0 Å². The van der Waals surface area contributed by atoms with E-state index in [9.17, 15) is 28.8 Å². The van der Waals surface area contributed by atoms with E-state index in [-0.39, 0.29) is 29.5 Å². The number of rotatable bonds is 27. The third kappa shape index (κ3) is 31.1. The molecule has 112 heavy (non-hydrogen) atoms. The van der Waals surface area contributed by atoms with E-state index >= 15 is 0 Å². The number of nitrogens with one attached hydrogen (secondary N) is 1. The Bertz CT molecular complexity index is 4090. The van der Waals surface area contributed by atoms with Crippen LogP contribution in [-0.2, 0) is 33.5 Å². The van der Waals surface area contributed by atoms with Crippen LogP contribution in [0.1, 0.15) is 149 Å². The summed E-state index contributed by atoms with van der Waals surface area (Å²) in [7, 11) is 0. The van der Waals surface area contributed by atoms with Crippen molar-refractivity contribution in [3.05, 3.63) is 246 Å². The normalized spacial score (nSPS) is 14.6. The number of para-hydroxylation sites is 7. The molecular weight excluding hydrogens is 1410 g/mol. The summed E-state index contributed by atoms with van der Waals surface area (Å²) in [5.41, 5.74) is 11.7. The van der Waals surface area contributed by atoms with E-state index in [0.29, 0.717) is 56.6 Å². The molecular formula is C93H118N6O13. The lowest BCUT2D eigenvalue weighted by Crippen LogP contribution is -2.46. The second-order valence-electron chi connectivity index (χ2n) is 26.3. The van der Waals surface area contributed by atoms with Gasteiger partial charge in [0.25, 0.3) is 35.4 Å². The molecule has 0 spiro atoms. The van der Waals surface area contributed by atoms with Gasteiger partial charge in [0.15, 0.2) is 36.6 Å². The predicted octanol–water partition coefficient (Wildman–Crippen LogP) is 17.6. The molecule has 598 valence electrons. The number of amides is 6. The Morgan fingerprint density at radius 1 is 0.393 bits per heavy atom. The number of morpholine rings is 1. The van der Waals surface area contributed by atoms with Crippen molar-refractivity contribution < 1.29 is 61.9 Å². The number of carbonyl (C=O) groups is 6. The fraction of sp³-hybridized carbons (Fsp3) is 0.355. The van der Waals surface area contributed by atoms with E-state index in [1.54, 1.807) is 50.5 Å². The largest absolute Gasteiger partial charge is 0.480 e. The number of hydrogen-bond donors (Lipinski definition) is 2. The van der Waals surface area contributed by atoms with Gasteiger partial charge in [-0.25, -0.2) is 0 Å². The van der Waals surface area contributed by atoms with E-state index in [0.717, 1.165) is 108 Å². The van der Waals surface area contributed by atoms with Gasteiger partial charge < -0.3 is 63.8 Å². The molecule has 0 saturated carbocycles. The second-order valence-corrected chi connectivity index (χ2v) is 26.3. The van der Waals surface area contributed by atoms with Crippen LogP contribution in [0.5, 0.6) is 34.5 Å². The highest BCUT2D eigenvalue weighted by molar-refractivity contribution is 5.94. The number of likely N-dealkylation sites (N-methyl/N-ethyl adjacent to an activating group) is 1. The zero-order chi connectivity index (χ0) is 81.6. The first-order valence-electron chi connectivity index (χ1n) is 38.8. The van der Waals surface area contributed by atoms with Gasteiger partial charge in [-0.15, -0.1) is 0 Å². The number of nitrogens with zero attached hydrogens (tertiary/aromatic N) is 4. The van der Waals surface area contributed by atoms with E-state index in [2.05, 4.69) is 11.9 Å². The lowest BCUT2D eigenvalue weighted by molar-refractivity contribution is -0.142. The van der Waals surface area contributed by atoms with Crippen LogP contribution in [0.4, 0.5) is 5.69 Å². The molecule has 7 aromatic rings. The minimum atomic E-state index is -0.614. The van der Waals surface area contributed by atoms with Crippen molar-refractivity contribution in [2.75, 3.05) is 70.9 Å². The number of primary amides is 1. The molecule has 19 nitrogen and oxygen atoms in total. The molecule has 3 heterocycles. The first kappa shape index (κ1) is 91.2. The minimum Gasteiger partial charge on any atom is -0.480 e. The summed E-state index contributed by atoms with van der Waals surface area (Å²) in [6.45, 7) is 35.4. The molecule has 3 aliphatic heterocycles. The fourth-order valence-electron chi connectivity index (χ4n) is 11.7. The second kappa shape index (κ2) is 51.1. The van der Waals surface area contributed by atoms with Crippen molar-refractivity contribution in [3.63, 3.8) is 0 Å². The molecule has 7 aromatic carbocycles. The van der Waals surface area contributed by atoms with Gasteiger partial charge in [-0.1, -0.05) is 201 Å². The third-order valence-corrected chi connectivity index (χ3v) is 17.7. The van der Waals surface area contributed by atoms with Gasteiger partial charge in [-0.3, -0.25) is 28.8 Å². The molecule has 3 N–H and O–H groups in total. The number of ether oxygens (including phenoxy) is 7. The number of anilines is 1. The van der Waals surface area contributed by atoms with Gasteiger partial charge in [0.1, 0.15) is 34.5 Å². The summed E-state index contributed by atoms with van der Waals surface area (Å²) in [5, 5.41) is 2.83. The van der Waals surface area contributed by atoms with Crippen molar-refractivity contribution in [2.24, 2.45) is 5.73 Å². The smallest absolute Gasteiger partial charge is 0.265 e. The van der Waals surface area contributed by atoms with Crippen molar-refractivity contribution in [1.29, 1.82) is 0 Å². The van der Waals surface area contributed by atoms with Gasteiger partial charge in [0.05, 0.1) is 13.2 Å². The van der Waals surface area contributed by atoms with Gasteiger partial charge >= 0.3 is 0 Å². The monoisotopic (exact) mass is 1530 g/mol. The number of allylic oxidation sites excluding steroid dienone is 5. The zero-order valence-corrected chi connectivity index (χ0v) is 67.8. The molecule has 6 amide bonds. The van der Waals surface area contributed by atoms with Crippen molar-refractivity contribution >= 4 is 77.6 Å². The Hall–Kier alpha value is -11.4. The van der Waals surface area contributed by atoms with Gasteiger partial charge in [-0.2, -0.15) is 0 Å². The Kier molecular flexibility index (Phi) is 41.6. The SMILES string of the molecule is C=Cc1ccccc1OC(C)C(=O)N1CCCC1.CC=Cc1ccccc1OC(C)C(=O)N(CC)CC.CC=Cc1ccccc1OC(C)C(=O)N1CCCC1.CC=Cc1ccccc1OC(C)C(=O)N1CCOCC1.CC=Cc1ccccc1OC(C)C(=O)Nc1ccccc1.CC=Cc1ccccc1OC(C)C(N)=O. The topological polar surface area (TPSA) is 218 Å². The molecule has 10 rings (SSSR count). The molecule has 6 atom stereocenters. The van der Waals surface area contributed by atoms with Crippen LogP contribution in [0.2, 0.25) is 0 Å². The average Bonchev–Trinajstić information content (AvgIpc) is 1.19. The number of nitrogens with two attached hydrogens (primary N) is 1. The molecule has 0 aliphatic carbocycles. The maximum Gasteiger partial charge on any atom is 0.265 e. The first-order valence-corrected chi connectivity index (χ1v) is 38.8. The van der Waals surface area contributed by atoms with Crippen LogP contribution in [0.25, 0.3) is 36.5 Å². The molecule has 3 saturated heterocycles. The van der Waals surface area contributed by atoms with Crippen LogP contribution in [-0.4, -0.2) is 157 Å². The lowest BCUT2D eigenvalue weighted by Gasteiger charge is -2.29. The Morgan fingerprint density at radius 3 is 0.964 bits per heavy atom. The molecule has 0 aromatic heterocycles. The van der Waals surface area contributed by atoms with E-state index in [4.69, 9.17) is 38.9 Å². The molecule has 19 heteroatoms. The standard InChI is InChI=1S/C18H19NO2.C16H21NO3.C16H21NO2.C16H23NO2.C15H19NO2.C12H15NO2/c1-3-9-15-10-7-8-13-17(15)21-14(2)18(20)19-16-11-5-4-6-12-16;1-3-6-14-7-4-5-8-15(14)20-13(2)16(18)17-9-11-19-12-10-17;1-3-8-14-9-4-5-10-15(14)19-13(2)16(18)17-11-6-7-12-17;1-5-10-14-11-8-9-12-15(14)19-13(4)16(18)17(6-2)7-3;1-3-13-8-4-5-9-14(13)18-12(2)15(17)16-10-6-7-11-16;1-3-6-10-7-4-5-8-11(10)15-9(2)12(13)14/h3-14H,1-2H3,(H,19,20);3-8,13H,9-12H2,1-2H3;3-5,8-10,13H,6-7,11-12H2,1-2H3;5,8-13H,6-7H2,1-4H3;3-5,8-9,12H,1,6-7,10-11H2,2H3;3-9H,1-2H3,(H2,13,14). The highest BCUT2D eigenvalue weighted by Crippen LogP contribution is 2.28. The van der Waals surface area contributed by atoms with Crippen molar-refractivity contribution in [1.82, 2.24) is 19.6 Å². The predicted molar refractivity (Wildman–Crippen MR) is 454 cm³/mol. The summed E-state index contributed by atoms with van der Waals surface area (Å²) in [4.78, 5) is 79.1. The number of benzene rings is 7. The van der Waals surface area contributed by atoms with Crippen LogP contribution in [0.15, 0.2) is 213 Å². The number of hydrogen-bond acceptors (Lipinski definition) is 13. The summed E-state index contributed by atoms with van der Waals surface area (Å²) in [6, 6.07) is 55.4. The minimum absolute atomic E-state index is 0.0172.